The number of ether oxygens (including phenoxy) is 1. The van der Waals surface area contributed by atoms with Crippen molar-refractivity contribution in [3.8, 4) is 0 Å². The van der Waals surface area contributed by atoms with Gasteiger partial charge in [-0.15, -0.1) is 11.8 Å². The molecule has 2 fully saturated rings. The van der Waals surface area contributed by atoms with Crippen molar-refractivity contribution >= 4 is 35.3 Å². The van der Waals surface area contributed by atoms with Crippen molar-refractivity contribution in [1.82, 2.24) is 20.9 Å². The van der Waals surface area contributed by atoms with Crippen LogP contribution >= 0.6 is 11.8 Å². The first-order chi connectivity index (χ1) is 19.1. The molecular formula is C27H32F3N5O4S. The number of anilines is 1. The minimum Gasteiger partial charge on any atom is -0.379 e. The van der Waals surface area contributed by atoms with Gasteiger partial charge in [0, 0.05) is 37.2 Å². The number of likely N-dealkylation sites (tertiary alicyclic amines) is 1. The summed E-state index contributed by atoms with van der Waals surface area (Å²) in [5.41, 5.74) is -0.400. The molecule has 0 bridgehead atoms. The van der Waals surface area contributed by atoms with E-state index >= 15 is 0 Å². The van der Waals surface area contributed by atoms with Crippen molar-refractivity contribution in [2.24, 2.45) is 0 Å². The van der Waals surface area contributed by atoms with Gasteiger partial charge in [0.1, 0.15) is 0 Å². The number of urea groups is 1. The molecule has 9 nitrogen and oxygen atoms in total. The lowest BCUT2D eigenvalue weighted by Gasteiger charge is -2.33. The first-order valence-electron chi connectivity index (χ1n) is 12.9. The molecule has 2 aliphatic rings. The average Bonchev–Trinajstić information content (AvgIpc) is 2.90. The zero-order valence-electron chi connectivity index (χ0n) is 22.0. The van der Waals surface area contributed by atoms with Crippen LogP contribution in [-0.4, -0.2) is 73.9 Å². The lowest BCUT2D eigenvalue weighted by Crippen LogP contribution is -2.56. The molecule has 4 rings (SSSR count). The van der Waals surface area contributed by atoms with Crippen LogP contribution in [0, 0.1) is 0 Å². The summed E-state index contributed by atoms with van der Waals surface area (Å²) < 4.78 is 45.5. The number of carbonyl (C=O) groups excluding carboxylic acids is 3. The average molecular weight is 580 g/mol. The number of amides is 4. The van der Waals surface area contributed by atoms with Crippen LogP contribution in [-0.2, 0) is 22.3 Å². The number of nitrogens with zero attached hydrogens (tertiary/aromatic N) is 1. The van der Waals surface area contributed by atoms with Crippen molar-refractivity contribution in [2.45, 2.75) is 42.5 Å². The number of alkyl halides is 3. The second kappa shape index (κ2) is 13.4. The van der Waals surface area contributed by atoms with Gasteiger partial charge in [0.05, 0.1) is 36.0 Å². The Bertz CT molecular complexity index is 1210. The molecule has 0 aliphatic carbocycles. The summed E-state index contributed by atoms with van der Waals surface area (Å²) in [6.45, 7) is 2.01. The van der Waals surface area contributed by atoms with E-state index in [-0.39, 0.29) is 29.9 Å². The van der Waals surface area contributed by atoms with Crippen molar-refractivity contribution in [1.29, 1.82) is 0 Å². The maximum atomic E-state index is 13.3. The molecule has 4 amide bonds. The lowest BCUT2D eigenvalue weighted by molar-refractivity contribution is -0.137. The third kappa shape index (κ3) is 7.89. The molecule has 216 valence electrons. The zero-order valence-corrected chi connectivity index (χ0v) is 22.8. The fourth-order valence-corrected chi connectivity index (χ4v) is 4.77. The Labute approximate surface area is 234 Å². The number of halogens is 3. The predicted octanol–water partition coefficient (Wildman–Crippen LogP) is 3.46. The largest absolute Gasteiger partial charge is 0.416 e. The molecule has 0 radical (unpaired) electrons. The first kappa shape index (κ1) is 29.7. The highest BCUT2D eigenvalue weighted by atomic mass is 32.2. The van der Waals surface area contributed by atoms with Crippen LogP contribution in [0.4, 0.5) is 23.7 Å². The molecule has 2 saturated heterocycles. The smallest absolute Gasteiger partial charge is 0.379 e. The van der Waals surface area contributed by atoms with Crippen molar-refractivity contribution < 1.29 is 32.3 Å². The van der Waals surface area contributed by atoms with Gasteiger partial charge >= 0.3 is 12.2 Å². The summed E-state index contributed by atoms with van der Waals surface area (Å²) >= 11 is 1.66. The quantitative estimate of drug-likeness (QED) is 0.339. The topological polar surface area (TPSA) is 112 Å². The van der Waals surface area contributed by atoms with Crippen LogP contribution in [0.25, 0.3) is 0 Å². The Kier molecular flexibility index (Phi) is 9.93. The summed E-state index contributed by atoms with van der Waals surface area (Å²) in [5, 5.41) is 11.2. The number of hydrogen-bond donors (Lipinski definition) is 4. The molecule has 4 N–H and O–H groups in total. The van der Waals surface area contributed by atoms with E-state index in [4.69, 9.17) is 4.74 Å². The summed E-state index contributed by atoms with van der Waals surface area (Å²) in [5.74, 6) is -1.43. The molecule has 2 aromatic rings. The summed E-state index contributed by atoms with van der Waals surface area (Å²) in [6.07, 6.45) is -1.18. The minimum atomic E-state index is -4.69. The third-order valence-electron chi connectivity index (χ3n) is 6.82. The molecule has 40 heavy (non-hydrogen) atoms. The monoisotopic (exact) mass is 579 g/mol. The van der Waals surface area contributed by atoms with Gasteiger partial charge in [-0.2, -0.15) is 13.2 Å². The zero-order chi connectivity index (χ0) is 28.7. The normalized spacial score (nSPS) is 18.9. The molecule has 0 aromatic heterocycles. The van der Waals surface area contributed by atoms with Gasteiger partial charge in [-0.25, -0.2) is 4.79 Å². The van der Waals surface area contributed by atoms with E-state index in [0.29, 0.717) is 38.7 Å². The van der Waals surface area contributed by atoms with Crippen LogP contribution < -0.4 is 21.3 Å². The highest BCUT2D eigenvalue weighted by Crippen LogP contribution is 2.32. The number of carbonyl (C=O) groups is 3. The van der Waals surface area contributed by atoms with Crippen LogP contribution in [0.2, 0.25) is 0 Å². The van der Waals surface area contributed by atoms with Gasteiger partial charge in [-0.3, -0.25) is 9.59 Å². The fraction of sp³-hybridized carbons (Fsp3) is 0.444. The number of thioether (sulfide) groups is 1. The van der Waals surface area contributed by atoms with Crippen LogP contribution in [0.5, 0.6) is 0 Å². The van der Waals surface area contributed by atoms with Crippen molar-refractivity contribution in [3.05, 3.63) is 59.2 Å². The molecule has 2 aliphatic heterocycles. The van der Waals surface area contributed by atoms with Crippen LogP contribution in [0.15, 0.2) is 47.4 Å². The van der Waals surface area contributed by atoms with Crippen molar-refractivity contribution in [2.75, 3.05) is 44.4 Å². The summed E-state index contributed by atoms with van der Waals surface area (Å²) in [6, 6.07) is 9.73. The Hall–Kier alpha value is -3.29. The number of nitrogens with one attached hydrogen (secondary N) is 4. The van der Waals surface area contributed by atoms with E-state index in [1.165, 1.54) is 4.90 Å². The summed E-state index contributed by atoms with van der Waals surface area (Å²) in [7, 11) is 0. The number of benzene rings is 2. The van der Waals surface area contributed by atoms with E-state index < -0.39 is 36.1 Å². The van der Waals surface area contributed by atoms with Gasteiger partial charge in [-0.1, -0.05) is 12.1 Å². The van der Waals surface area contributed by atoms with E-state index in [2.05, 4.69) is 21.3 Å². The Morgan fingerprint density at radius 1 is 1.07 bits per heavy atom. The molecular weight excluding hydrogens is 547 g/mol. The van der Waals surface area contributed by atoms with Crippen LogP contribution in [0.1, 0.15) is 34.3 Å². The molecule has 2 atom stereocenters. The SMILES string of the molecule is CSc1ccc(CN[C@H]2CCOC[C@H]2NC(=O)CNC(=O)c2cc(C(F)(F)F)ccc2NC(=O)N2CCC2)cc1. The van der Waals surface area contributed by atoms with E-state index in [1.54, 1.807) is 11.8 Å². The summed E-state index contributed by atoms with van der Waals surface area (Å²) in [4.78, 5) is 40.5. The molecule has 0 saturated carbocycles. The molecule has 0 spiro atoms. The standard InChI is InChI=1S/C27H32F3N5O4S/c1-40-19-6-3-17(4-7-19)14-31-22-9-12-39-16-23(22)33-24(36)15-32-25(37)20-13-18(27(28,29)30)5-8-21(20)34-26(38)35-10-2-11-35/h3-8,13,22-23,31H,2,9-12,14-16H2,1H3,(H,32,37)(H,33,36)(H,34,38)/t22-,23+/m0/s1. The number of hydrogen-bond acceptors (Lipinski definition) is 6. The fourth-order valence-electron chi connectivity index (χ4n) is 4.36. The Morgan fingerprint density at radius 2 is 1.82 bits per heavy atom. The minimum absolute atomic E-state index is 0.0691. The van der Waals surface area contributed by atoms with Crippen LogP contribution in [0.3, 0.4) is 0 Å². The second-order valence-electron chi connectivity index (χ2n) is 9.58. The number of rotatable bonds is 9. The van der Waals surface area contributed by atoms with E-state index in [0.717, 1.165) is 29.0 Å². The van der Waals surface area contributed by atoms with Gasteiger partial charge in [-0.05, 0) is 55.0 Å². The van der Waals surface area contributed by atoms with Gasteiger partial charge < -0.3 is 30.9 Å². The molecule has 2 aromatic carbocycles. The van der Waals surface area contributed by atoms with Crippen molar-refractivity contribution in [3.63, 3.8) is 0 Å². The van der Waals surface area contributed by atoms with Gasteiger partial charge in [0.2, 0.25) is 5.91 Å². The maximum Gasteiger partial charge on any atom is 0.416 e. The molecule has 0 unspecified atom stereocenters. The lowest BCUT2D eigenvalue weighted by atomic mass is 10.0. The second-order valence-corrected chi connectivity index (χ2v) is 10.5. The Balaban J connectivity index is 1.35. The highest BCUT2D eigenvalue weighted by Gasteiger charge is 2.33. The van der Waals surface area contributed by atoms with E-state index in [9.17, 15) is 27.6 Å². The molecule has 2 heterocycles. The molecule has 13 heteroatoms. The first-order valence-corrected chi connectivity index (χ1v) is 14.2. The predicted molar refractivity (Wildman–Crippen MR) is 145 cm³/mol. The highest BCUT2D eigenvalue weighted by molar-refractivity contribution is 7.98. The van der Waals surface area contributed by atoms with Gasteiger partial charge in [0.25, 0.3) is 5.91 Å². The van der Waals surface area contributed by atoms with E-state index in [1.807, 2.05) is 30.5 Å². The van der Waals surface area contributed by atoms with Gasteiger partial charge in [0.15, 0.2) is 0 Å². The Morgan fingerprint density at radius 3 is 2.48 bits per heavy atom. The third-order valence-corrected chi connectivity index (χ3v) is 7.56. The maximum absolute atomic E-state index is 13.3.